The van der Waals surface area contributed by atoms with Gasteiger partial charge in [0.2, 0.25) is 5.91 Å². The number of hydrogen-bond donors (Lipinski definition) is 1. The van der Waals surface area contributed by atoms with Crippen molar-refractivity contribution in [2.45, 2.75) is 19.3 Å². The van der Waals surface area contributed by atoms with Gasteiger partial charge < -0.3 is 10.5 Å². The van der Waals surface area contributed by atoms with E-state index in [2.05, 4.69) is 15.9 Å². The van der Waals surface area contributed by atoms with Crippen LogP contribution in [0.3, 0.4) is 0 Å². The van der Waals surface area contributed by atoms with Gasteiger partial charge in [-0.15, -0.1) is 0 Å². The van der Waals surface area contributed by atoms with Crippen LogP contribution >= 0.6 is 15.9 Å². The Bertz CT molecular complexity index is 352. The molecule has 0 heterocycles. The zero-order valence-electron chi connectivity index (χ0n) is 8.63. The molecule has 15 heavy (non-hydrogen) atoms. The van der Waals surface area contributed by atoms with Crippen molar-refractivity contribution in [1.82, 2.24) is 0 Å². The third kappa shape index (κ3) is 3.91. The molecule has 0 saturated heterocycles. The molecule has 82 valence electrons. The van der Waals surface area contributed by atoms with Crippen LogP contribution in [0.5, 0.6) is 5.75 Å². The van der Waals surface area contributed by atoms with E-state index in [-0.39, 0.29) is 5.91 Å². The van der Waals surface area contributed by atoms with Crippen molar-refractivity contribution in [2.24, 2.45) is 5.73 Å². The Kier molecular flexibility index (Phi) is 4.62. The van der Waals surface area contributed by atoms with Crippen molar-refractivity contribution >= 4 is 21.8 Å². The third-order valence-electron chi connectivity index (χ3n) is 2.11. The highest BCUT2D eigenvalue weighted by Gasteiger charge is 2.04. The minimum absolute atomic E-state index is 0.260. The van der Waals surface area contributed by atoms with Crippen LogP contribution in [0.15, 0.2) is 22.7 Å². The maximum Gasteiger partial charge on any atom is 0.217 e. The van der Waals surface area contributed by atoms with Crippen molar-refractivity contribution in [3.8, 4) is 5.75 Å². The number of carbonyl (C=O) groups excluding carboxylic acids is 1. The molecular weight excluding hydrogens is 258 g/mol. The second-order valence-corrected chi connectivity index (χ2v) is 4.19. The summed E-state index contributed by atoms with van der Waals surface area (Å²) in [4.78, 5) is 10.6. The van der Waals surface area contributed by atoms with Gasteiger partial charge in [0.05, 0.1) is 7.11 Å². The summed E-state index contributed by atoms with van der Waals surface area (Å²) in [5, 5.41) is 0. The smallest absolute Gasteiger partial charge is 0.217 e. The van der Waals surface area contributed by atoms with E-state index in [1.165, 1.54) is 0 Å². The van der Waals surface area contributed by atoms with E-state index in [0.29, 0.717) is 6.42 Å². The van der Waals surface area contributed by atoms with Crippen LogP contribution in [0.25, 0.3) is 0 Å². The summed E-state index contributed by atoms with van der Waals surface area (Å²) in [5.74, 6) is 0.589. The first-order valence-corrected chi connectivity index (χ1v) is 5.53. The fourth-order valence-corrected chi connectivity index (χ4v) is 1.80. The molecular formula is C11H14BrNO2. The Morgan fingerprint density at radius 1 is 1.53 bits per heavy atom. The van der Waals surface area contributed by atoms with Gasteiger partial charge in [0.25, 0.3) is 0 Å². The number of halogens is 1. The SMILES string of the molecule is COc1ccc(Br)cc1CCCC(N)=O. The standard InChI is InChI=1S/C11H14BrNO2/c1-15-10-6-5-9(12)7-8(10)3-2-4-11(13)14/h5-7H,2-4H2,1H3,(H2,13,14). The summed E-state index contributed by atoms with van der Waals surface area (Å²) in [6.07, 6.45) is 1.96. The van der Waals surface area contributed by atoms with E-state index in [1.54, 1.807) is 7.11 Å². The van der Waals surface area contributed by atoms with Crippen LogP contribution in [0.4, 0.5) is 0 Å². The molecule has 0 unspecified atom stereocenters. The molecule has 0 bridgehead atoms. The molecule has 0 saturated carbocycles. The lowest BCUT2D eigenvalue weighted by atomic mass is 10.1. The molecule has 1 aromatic carbocycles. The van der Waals surface area contributed by atoms with Crippen LogP contribution in [0.2, 0.25) is 0 Å². The number of rotatable bonds is 5. The lowest BCUT2D eigenvalue weighted by Crippen LogP contribution is -2.10. The van der Waals surface area contributed by atoms with E-state index in [1.807, 2.05) is 18.2 Å². The van der Waals surface area contributed by atoms with Gasteiger partial charge in [0, 0.05) is 10.9 Å². The Hall–Kier alpha value is -1.03. The third-order valence-corrected chi connectivity index (χ3v) is 2.60. The molecule has 1 rings (SSSR count). The van der Waals surface area contributed by atoms with Gasteiger partial charge >= 0.3 is 0 Å². The van der Waals surface area contributed by atoms with Gasteiger partial charge in [0.1, 0.15) is 5.75 Å². The molecule has 1 aromatic rings. The molecule has 1 amide bonds. The first-order chi connectivity index (χ1) is 7.13. The lowest BCUT2D eigenvalue weighted by molar-refractivity contribution is -0.118. The minimum Gasteiger partial charge on any atom is -0.496 e. The van der Waals surface area contributed by atoms with Gasteiger partial charge in [0.15, 0.2) is 0 Å². The summed E-state index contributed by atoms with van der Waals surface area (Å²) in [6.45, 7) is 0. The summed E-state index contributed by atoms with van der Waals surface area (Å²) in [5.41, 5.74) is 6.17. The molecule has 0 atom stereocenters. The predicted octanol–water partition coefficient (Wildman–Crippen LogP) is 2.27. The number of nitrogens with two attached hydrogens (primary N) is 1. The fourth-order valence-electron chi connectivity index (χ4n) is 1.40. The number of amides is 1. The molecule has 0 aliphatic carbocycles. The van der Waals surface area contributed by atoms with Gasteiger partial charge in [-0.2, -0.15) is 0 Å². The Labute approximate surface area is 97.7 Å². The number of aryl methyl sites for hydroxylation is 1. The average Bonchev–Trinajstić information content (AvgIpc) is 2.17. The van der Waals surface area contributed by atoms with Gasteiger partial charge in [-0.1, -0.05) is 15.9 Å². The number of primary amides is 1. The van der Waals surface area contributed by atoms with Gasteiger partial charge in [-0.3, -0.25) is 4.79 Å². The minimum atomic E-state index is -0.260. The van der Waals surface area contributed by atoms with E-state index < -0.39 is 0 Å². The average molecular weight is 272 g/mol. The maximum absolute atomic E-state index is 10.6. The first-order valence-electron chi connectivity index (χ1n) is 4.74. The van der Waals surface area contributed by atoms with Gasteiger partial charge in [-0.25, -0.2) is 0 Å². The van der Waals surface area contributed by atoms with E-state index in [0.717, 1.165) is 28.6 Å². The van der Waals surface area contributed by atoms with Crippen LogP contribution in [0, 0.1) is 0 Å². The Morgan fingerprint density at radius 2 is 2.27 bits per heavy atom. The van der Waals surface area contributed by atoms with Crippen molar-refractivity contribution < 1.29 is 9.53 Å². The highest BCUT2D eigenvalue weighted by molar-refractivity contribution is 9.10. The highest BCUT2D eigenvalue weighted by atomic mass is 79.9. The molecule has 0 spiro atoms. The molecule has 0 fully saturated rings. The normalized spacial score (nSPS) is 10.0. The number of methoxy groups -OCH3 is 1. The Morgan fingerprint density at radius 3 is 2.87 bits per heavy atom. The molecule has 0 aromatic heterocycles. The van der Waals surface area contributed by atoms with Crippen molar-refractivity contribution in [2.75, 3.05) is 7.11 Å². The van der Waals surface area contributed by atoms with E-state index >= 15 is 0 Å². The number of ether oxygens (including phenoxy) is 1. The quantitative estimate of drug-likeness (QED) is 0.893. The monoisotopic (exact) mass is 271 g/mol. The van der Waals surface area contributed by atoms with E-state index in [9.17, 15) is 4.79 Å². The molecule has 3 nitrogen and oxygen atoms in total. The fraction of sp³-hybridized carbons (Fsp3) is 0.364. The number of benzene rings is 1. The summed E-state index contributed by atoms with van der Waals surface area (Å²) in [6, 6.07) is 5.83. The topological polar surface area (TPSA) is 52.3 Å². The highest BCUT2D eigenvalue weighted by Crippen LogP contribution is 2.24. The molecule has 4 heteroatoms. The second-order valence-electron chi connectivity index (χ2n) is 3.28. The van der Waals surface area contributed by atoms with Crippen LogP contribution < -0.4 is 10.5 Å². The number of hydrogen-bond acceptors (Lipinski definition) is 2. The predicted molar refractivity (Wildman–Crippen MR) is 62.8 cm³/mol. The summed E-state index contributed by atoms with van der Waals surface area (Å²) in [7, 11) is 1.64. The van der Waals surface area contributed by atoms with Crippen molar-refractivity contribution in [3.63, 3.8) is 0 Å². The zero-order chi connectivity index (χ0) is 11.3. The largest absolute Gasteiger partial charge is 0.496 e. The van der Waals surface area contributed by atoms with Crippen LogP contribution in [-0.2, 0) is 11.2 Å². The zero-order valence-corrected chi connectivity index (χ0v) is 10.2. The molecule has 0 aliphatic heterocycles. The summed E-state index contributed by atoms with van der Waals surface area (Å²) >= 11 is 3.40. The molecule has 0 aliphatic rings. The second kappa shape index (κ2) is 5.75. The first kappa shape index (κ1) is 12.0. The van der Waals surface area contributed by atoms with Crippen LogP contribution in [0.1, 0.15) is 18.4 Å². The molecule has 0 radical (unpaired) electrons. The van der Waals surface area contributed by atoms with E-state index in [4.69, 9.17) is 10.5 Å². The lowest BCUT2D eigenvalue weighted by Gasteiger charge is -2.08. The van der Waals surface area contributed by atoms with Crippen molar-refractivity contribution in [3.05, 3.63) is 28.2 Å². The van der Waals surface area contributed by atoms with Crippen molar-refractivity contribution in [1.29, 1.82) is 0 Å². The van der Waals surface area contributed by atoms with Gasteiger partial charge in [-0.05, 0) is 36.6 Å². The molecule has 2 N–H and O–H groups in total. The Balaban J connectivity index is 2.65. The number of carbonyl (C=O) groups is 1. The van der Waals surface area contributed by atoms with Crippen LogP contribution in [-0.4, -0.2) is 13.0 Å². The summed E-state index contributed by atoms with van der Waals surface area (Å²) < 4.78 is 6.23. The maximum atomic E-state index is 10.6.